The molecular formula is C14H22N2O7S. The molecule has 0 bridgehead atoms. The molecule has 2 heterocycles. The van der Waals surface area contributed by atoms with Crippen LogP contribution in [0.25, 0.3) is 0 Å². The maximum Gasteiger partial charge on any atom is 0.314 e. The highest BCUT2D eigenvalue weighted by Gasteiger charge is 2.55. The lowest BCUT2D eigenvalue weighted by Crippen LogP contribution is -2.68. The largest absolute Gasteiger partial charge is 0.463 e. The van der Waals surface area contributed by atoms with E-state index in [1.807, 2.05) is 6.92 Å². The Bertz CT molecular complexity index is 551. The fraction of sp³-hybridized carbons (Fsp3) is 0.786. The minimum Gasteiger partial charge on any atom is -0.463 e. The second-order valence-corrected chi connectivity index (χ2v) is 6.98. The maximum absolute atomic E-state index is 11.9. The van der Waals surface area contributed by atoms with E-state index in [-0.39, 0.29) is 17.6 Å². The minimum atomic E-state index is -1.60. The van der Waals surface area contributed by atoms with Crippen LogP contribution in [0.3, 0.4) is 0 Å². The lowest BCUT2D eigenvalue weighted by molar-refractivity contribution is -0.181. The Balaban J connectivity index is 2.03. The van der Waals surface area contributed by atoms with Crippen LogP contribution in [0.1, 0.15) is 20.3 Å². The molecule has 0 aromatic carbocycles. The van der Waals surface area contributed by atoms with Crippen LogP contribution >= 0.6 is 12.5 Å². The van der Waals surface area contributed by atoms with Crippen LogP contribution in [-0.2, 0) is 19.1 Å². The molecule has 2 unspecified atom stereocenters. The molecule has 0 aromatic rings. The van der Waals surface area contributed by atoms with Crippen molar-refractivity contribution in [3.05, 3.63) is 0 Å². The van der Waals surface area contributed by atoms with E-state index in [0.717, 1.165) is 17.4 Å². The first-order chi connectivity index (χ1) is 11.7. The number of hydrogen-bond donors (Lipinski definition) is 5. The molecule has 0 aromatic heterocycles. The monoisotopic (exact) mass is 364 g/mol. The van der Waals surface area contributed by atoms with Crippen LogP contribution < -0.4 is 5.32 Å². The van der Waals surface area contributed by atoms with Crippen molar-refractivity contribution in [2.24, 2.45) is 5.92 Å². The summed E-state index contributed by atoms with van der Waals surface area (Å²) in [7, 11) is 0. The molecule has 24 heavy (non-hydrogen) atoms. The zero-order chi connectivity index (χ0) is 18.9. The summed E-state index contributed by atoms with van der Waals surface area (Å²) < 4.78 is 12.3. The van der Waals surface area contributed by atoms with Crippen molar-refractivity contribution in [2.75, 3.05) is 6.61 Å². The topological polar surface area (TPSA) is 136 Å². The average Bonchev–Trinajstić information content (AvgIpc) is 2.87. The first kappa shape index (κ1) is 17.5. The molecule has 2 aliphatic rings. The van der Waals surface area contributed by atoms with Crippen molar-refractivity contribution in [3.63, 3.8) is 0 Å². The van der Waals surface area contributed by atoms with E-state index in [1.165, 1.54) is 0 Å². The van der Waals surface area contributed by atoms with E-state index < -0.39 is 54.9 Å². The van der Waals surface area contributed by atoms with Gasteiger partial charge in [0.1, 0.15) is 32.2 Å². The number of rotatable bonds is 6. The summed E-state index contributed by atoms with van der Waals surface area (Å²) in [6, 6.07) is -1.16. The normalized spacial score (nSPS) is 35.8. The summed E-state index contributed by atoms with van der Waals surface area (Å²) in [5, 5.41) is 32.1. The van der Waals surface area contributed by atoms with Crippen LogP contribution in [0.2, 0.25) is 0 Å². The smallest absolute Gasteiger partial charge is 0.314 e. The van der Waals surface area contributed by atoms with Crippen molar-refractivity contribution < 1.29 is 34.4 Å². The van der Waals surface area contributed by atoms with Crippen LogP contribution in [0.4, 0.5) is 0 Å². The lowest BCUT2D eigenvalue weighted by atomic mass is 9.92. The highest BCUT2D eigenvalue weighted by atomic mass is 32.1. The van der Waals surface area contributed by atoms with Crippen LogP contribution in [0.5, 0.6) is 0 Å². The summed E-state index contributed by atoms with van der Waals surface area (Å²) in [6.07, 6.45) is -5.85. The molecule has 2 saturated heterocycles. The SMILES string of the molecule is [3H]SC(C)C(C)CC(=O)OC[C@@H]1[C@@H](O)[C@H](O)[C@H](O)[C@H]2NC(=O)C(=O)N12. The fourth-order valence-electron chi connectivity index (χ4n) is 2.74. The predicted octanol–water partition coefficient (Wildman–Crippen LogP) is -2.38. The number of carbonyl (C=O) groups is 3. The summed E-state index contributed by atoms with van der Waals surface area (Å²) in [4.78, 5) is 36.3. The van der Waals surface area contributed by atoms with Gasteiger partial charge < -0.3 is 30.3 Å². The minimum absolute atomic E-state index is 0.0512. The number of aliphatic hydroxyl groups excluding tert-OH is 3. The molecule has 10 heteroatoms. The van der Waals surface area contributed by atoms with Gasteiger partial charge in [-0.15, -0.1) is 0 Å². The molecule has 2 fully saturated rings. The number of hydrogen-bond acceptors (Lipinski definition) is 8. The van der Waals surface area contributed by atoms with Gasteiger partial charge in [0.25, 0.3) is 0 Å². The first-order valence-corrected chi connectivity index (χ1v) is 8.11. The van der Waals surface area contributed by atoms with Crippen molar-refractivity contribution in [1.29, 1.82) is 1.12 Å². The van der Waals surface area contributed by atoms with E-state index in [0.29, 0.717) is 0 Å². The standard InChI is InChI=1S/C14H22N2O7S/c1-5(6(2)24)3-8(17)23-4-7-9(18)10(19)11(20)12-15-13(21)14(22)16(7)12/h5-7,9-12,18-20,24H,3-4H2,1-2H3,(H,15,21)/t5?,6?,7-,9-,10+,11+,12+/m1/s1/i/hT. The number of amides is 2. The second-order valence-electron chi connectivity index (χ2n) is 6.24. The van der Waals surface area contributed by atoms with Gasteiger partial charge in [-0.3, -0.25) is 14.4 Å². The average molecular weight is 364 g/mol. The zero-order valence-electron chi connectivity index (χ0n) is 14.3. The van der Waals surface area contributed by atoms with Crippen molar-refractivity contribution >= 4 is 30.3 Å². The molecule has 0 aliphatic carbocycles. The number of carbonyl (C=O) groups excluding carboxylic acids is 3. The number of nitrogens with zero attached hydrogens (tertiary/aromatic N) is 1. The Morgan fingerprint density at radius 2 is 2.00 bits per heavy atom. The third-order valence-electron chi connectivity index (χ3n) is 4.49. The Kier molecular flexibility index (Phi) is 5.28. The molecule has 2 rings (SSSR count). The third-order valence-corrected chi connectivity index (χ3v) is 4.95. The fourth-order valence-corrected chi connectivity index (χ4v) is 2.84. The van der Waals surface area contributed by atoms with Gasteiger partial charge in [-0.2, -0.15) is 12.5 Å². The highest BCUT2D eigenvalue weighted by molar-refractivity contribution is 7.80. The molecular weight excluding hydrogens is 340 g/mol. The van der Waals surface area contributed by atoms with Gasteiger partial charge in [0.05, 0.1) is 6.04 Å². The Labute approximate surface area is 145 Å². The van der Waals surface area contributed by atoms with Gasteiger partial charge in [0, 0.05) is 11.7 Å². The van der Waals surface area contributed by atoms with Crippen LogP contribution in [-0.4, -0.2) is 81.5 Å². The summed E-state index contributed by atoms with van der Waals surface area (Å²) in [6.45, 7) is 3.19. The van der Waals surface area contributed by atoms with Crippen molar-refractivity contribution in [3.8, 4) is 0 Å². The quantitative estimate of drug-likeness (QED) is 0.202. The molecule has 2 aliphatic heterocycles. The van der Waals surface area contributed by atoms with E-state index in [4.69, 9.17) is 5.86 Å². The highest BCUT2D eigenvalue weighted by Crippen LogP contribution is 2.27. The van der Waals surface area contributed by atoms with E-state index in [1.54, 1.807) is 6.92 Å². The second kappa shape index (κ2) is 7.26. The summed E-state index contributed by atoms with van der Waals surface area (Å²) >= 11 is 0.878. The predicted molar refractivity (Wildman–Crippen MR) is 83.8 cm³/mol. The number of aliphatic hydroxyl groups is 3. The number of piperidine rings is 1. The van der Waals surface area contributed by atoms with E-state index in [9.17, 15) is 29.7 Å². The molecule has 0 saturated carbocycles. The number of fused-ring (bicyclic) bond motifs is 1. The Morgan fingerprint density at radius 3 is 2.62 bits per heavy atom. The zero-order valence-corrected chi connectivity index (χ0v) is 14.1. The van der Waals surface area contributed by atoms with E-state index in [2.05, 4.69) is 5.32 Å². The molecule has 0 radical (unpaired) electrons. The lowest BCUT2D eigenvalue weighted by Gasteiger charge is -2.44. The van der Waals surface area contributed by atoms with Gasteiger partial charge in [0.2, 0.25) is 0 Å². The van der Waals surface area contributed by atoms with E-state index >= 15 is 0 Å². The summed E-state index contributed by atoms with van der Waals surface area (Å²) in [5.74, 6) is -2.62. The third kappa shape index (κ3) is 3.51. The molecule has 9 nitrogen and oxygen atoms in total. The first-order valence-electron chi connectivity index (χ1n) is 8.04. The summed E-state index contributed by atoms with van der Waals surface area (Å²) in [5.41, 5.74) is 0. The van der Waals surface area contributed by atoms with Gasteiger partial charge >= 0.3 is 17.8 Å². The van der Waals surface area contributed by atoms with Gasteiger partial charge in [-0.05, 0) is 5.92 Å². The Hall–Kier alpha value is -1.36. The molecule has 7 atom stereocenters. The number of nitrogens with one attached hydrogen (secondary N) is 1. The van der Waals surface area contributed by atoms with Crippen molar-refractivity contribution in [1.82, 2.24) is 10.2 Å². The van der Waals surface area contributed by atoms with Gasteiger partial charge in [-0.1, -0.05) is 13.8 Å². The van der Waals surface area contributed by atoms with Crippen LogP contribution in [0, 0.1) is 5.92 Å². The van der Waals surface area contributed by atoms with Crippen LogP contribution in [0.15, 0.2) is 0 Å². The molecule has 2 amide bonds. The number of esters is 1. The van der Waals surface area contributed by atoms with Crippen molar-refractivity contribution in [2.45, 2.75) is 56.0 Å². The maximum atomic E-state index is 11.9. The Morgan fingerprint density at radius 1 is 1.33 bits per heavy atom. The van der Waals surface area contributed by atoms with Gasteiger partial charge in [0.15, 0.2) is 0 Å². The number of ether oxygens (including phenoxy) is 1. The molecule has 4 N–H and O–H groups in total. The van der Waals surface area contributed by atoms with Gasteiger partial charge in [-0.25, -0.2) is 0 Å². The number of thiol groups is 1. The molecule has 0 spiro atoms. The molecule has 136 valence electrons.